The number of piperazine rings is 1. The summed E-state index contributed by atoms with van der Waals surface area (Å²) in [6.07, 6.45) is 5.21. The van der Waals surface area contributed by atoms with Crippen LogP contribution in [0.1, 0.15) is 61.8 Å². The third kappa shape index (κ3) is 16.8. The minimum Gasteiger partial charge on any atom is -0.541 e. The maximum Gasteiger partial charge on any atom is 2.00 e. The molecule has 0 amide bonds. The van der Waals surface area contributed by atoms with E-state index in [9.17, 15) is 4.79 Å². The van der Waals surface area contributed by atoms with Gasteiger partial charge in [-0.15, -0.1) is 0 Å². The van der Waals surface area contributed by atoms with Gasteiger partial charge in [-0.25, -0.2) is 6.29 Å². The third-order valence-corrected chi connectivity index (χ3v) is 4.02. The van der Waals surface area contributed by atoms with Crippen LogP contribution >= 0.6 is 0 Å². The number of hydrogen-bond donors (Lipinski definition) is 1. The molecule has 0 aromatic rings. The minimum absolute atomic E-state index is 0. The van der Waals surface area contributed by atoms with Gasteiger partial charge in [0.25, 0.3) is 0 Å². The van der Waals surface area contributed by atoms with Gasteiger partial charge in [0.2, 0.25) is 0 Å². The monoisotopic (exact) mass is 593 g/mol. The third-order valence-electron chi connectivity index (χ3n) is 4.02. The van der Waals surface area contributed by atoms with E-state index in [0.29, 0.717) is 17.4 Å². The van der Waals surface area contributed by atoms with E-state index in [2.05, 4.69) is 42.8 Å². The topological polar surface area (TPSA) is 35.6 Å². The van der Waals surface area contributed by atoms with E-state index in [0.717, 1.165) is 39.3 Å². The van der Waals surface area contributed by atoms with Crippen molar-refractivity contribution in [1.29, 1.82) is 0 Å². The zero-order valence-corrected chi connectivity index (χ0v) is 23.2. The predicted molar refractivity (Wildman–Crippen MR) is 112 cm³/mol. The van der Waals surface area contributed by atoms with Gasteiger partial charge in [0, 0.05) is 32.7 Å². The van der Waals surface area contributed by atoms with E-state index in [-0.39, 0.29) is 31.1 Å². The predicted octanol–water partition coefficient (Wildman–Crippen LogP) is 3.63. The fraction of sp³-hybridized carbons (Fsp3) is 0.905. The van der Waals surface area contributed by atoms with E-state index in [1.54, 1.807) is 0 Å². The molecule has 1 aliphatic heterocycles. The Bertz CT molecular complexity index is 314. The van der Waals surface area contributed by atoms with E-state index in [1.165, 1.54) is 6.42 Å². The summed E-state index contributed by atoms with van der Waals surface area (Å²) in [7, 11) is 2.03. The Morgan fingerprint density at radius 1 is 0.962 bits per heavy atom. The Hall–Kier alpha value is 0.602. The maximum absolute atomic E-state index is 10.4. The Morgan fingerprint density at radius 2 is 1.38 bits per heavy atom. The van der Waals surface area contributed by atoms with Crippen molar-refractivity contribution in [3.05, 3.63) is 6.42 Å². The molecule has 0 atom stereocenters. The summed E-state index contributed by atoms with van der Waals surface area (Å²) < 4.78 is 0. The summed E-state index contributed by atoms with van der Waals surface area (Å²) in [5.74, 6) is 0. The first-order valence-electron chi connectivity index (χ1n) is 9.88. The van der Waals surface area contributed by atoms with Crippen molar-refractivity contribution in [3.8, 4) is 0 Å². The van der Waals surface area contributed by atoms with Crippen LogP contribution < -0.4 is 5.32 Å². The van der Waals surface area contributed by atoms with E-state index < -0.39 is 0 Å². The van der Waals surface area contributed by atoms with Crippen LogP contribution in [0.4, 0.5) is 0 Å². The second kappa shape index (κ2) is 17.7. The van der Waals surface area contributed by atoms with Crippen LogP contribution in [-0.4, -0.2) is 68.9 Å². The van der Waals surface area contributed by atoms with Crippen molar-refractivity contribution in [2.24, 2.45) is 10.8 Å². The first-order chi connectivity index (χ1) is 11.7. The molecule has 1 rings (SSSR count). The van der Waals surface area contributed by atoms with E-state index in [1.807, 2.05) is 47.4 Å². The summed E-state index contributed by atoms with van der Waals surface area (Å²) in [6, 6.07) is 0. The summed E-state index contributed by atoms with van der Waals surface area (Å²) in [5.41, 5.74) is 0.645. The van der Waals surface area contributed by atoms with Gasteiger partial charge in [-0.2, -0.15) is 13.8 Å². The Kier molecular flexibility index (Phi) is 21.3. The molecule has 1 N–H and O–H groups in total. The molecule has 1 fully saturated rings. The summed E-state index contributed by atoms with van der Waals surface area (Å²) >= 11 is 0. The van der Waals surface area contributed by atoms with Crippen LogP contribution in [0.2, 0.25) is 0 Å². The molecule has 0 aromatic heterocycles. The molecule has 0 spiro atoms. The van der Waals surface area contributed by atoms with Gasteiger partial charge < -0.3 is 26.3 Å². The van der Waals surface area contributed by atoms with E-state index >= 15 is 0 Å². The number of nitrogens with zero attached hydrogens (tertiary/aromatic N) is 2. The molecular weight excluding hydrogens is 548 g/mol. The zero-order valence-electron chi connectivity index (χ0n) is 19.0. The molecule has 1 heterocycles. The average molecular weight is 594 g/mol. The van der Waals surface area contributed by atoms with Crippen molar-refractivity contribution in [3.63, 3.8) is 0 Å². The smallest absolute Gasteiger partial charge is 0.541 e. The average Bonchev–Trinajstić information content (AvgIpc) is 2.50. The summed E-state index contributed by atoms with van der Waals surface area (Å²) in [4.78, 5) is 15.1. The zero-order chi connectivity index (χ0) is 19.9. The summed E-state index contributed by atoms with van der Waals surface area (Å²) in [6.45, 7) is 24.2. The van der Waals surface area contributed by atoms with Crippen molar-refractivity contribution >= 4 is 6.29 Å². The van der Waals surface area contributed by atoms with Crippen molar-refractivity contribution in [1.82, 2.24) is 15.1 Å². The normalized spacial score (nSPS) is 15.7. The van der Waals surface area contributed by atoms with Crippen LogP contribution in [0.25, 0.3) is 0 Å². The first kappa shape index (κ1) is 31.3. The molecule has 26 heavy (non-hydrogen) atoms. The molecule has 0 radical (unpaired) electrons. The quantitative estimate of drug-likeness (QED) is 0.437. The van der Waals surface area contributed by atoms with Gasteiger partial charge in [0.05, 0.1) is 0 Å². The molecular formula is C21H45N3OU. The molecule has 0 saturated carbocycles. The van der Waals surface area contributed by atoms with Crippen LogP contribution in [0, 0.1) is 48.4 Å². The van der Waals surface area contributed by atoms with Crippen LogP contribution in [0.3, 0.4) is 0 Å². The molecule has 0 aromatic carbocycles. The van der Waals surface area contributed by atoms with Gasteiger partial charge in [-0.05, 0) is 30.8 Å². The SMILES string of the molecule is CC.CNCC(C)(C)CC(C)(C)CN1CCN(C[C-]=O)CC1.C[CH-]C.[U+2]. The van der Waals surface area contributed by atoms with Gasteiger partial charge in [0.15, 0.2) is 0 Å². The first-order valence-corrected chi connectivity index (χ1v) is 9.88. The number of carbonyl (C=O) groups excluding carboxylic acids is 1. The van der Waals surface area contributed by atoms with Crippen molar-refractivity contribution < 1.29 is 35.9 Å². The molecule has 1 saturated heterocycles. The van der Waals surface area contributed by atoms with Gasteiger partial charge in [0.1, 0.15) is 0 Å². The maximum atomic E-state index is 10.4. The van der Waals surface area contributed by atoms with Gasteiger partial charge in [-0.3, -0.25) is 0 Å². The number of nitrogens with one attached hydrogen (secondary N) is 1. The van der Waals surface area contributed by atoms with Crippen LogP contribution in [0.5, 0.6) is 0 Å². The molecule has 154 valence electrons. The van der Waals surface area contributed by atoms with Crippen LogP contribution in [0.15, 0.2) is 0 Å². The second-order valence-corrected chi connectivity index (χ2v) is 8.31. The fourth-order valence-corrected chi connectivity index (χ4v) is 3.69. The summed E-state index contributed by atoms with van der Waals surface area (Å²) in [5, 5.41) is 3.30. The number of hydrogen-bond acceptors (Lipinski definition) is 4. The van der Waals surface area contributed by atoms with Gasteiger partial charge >= 0.3 is 31.1 Å². The number of rotatable bonds is 8. The van der Waals surface area contributed by atoms with E-state index in [4.69, 9.17) is 0 Å². The Balaban J connectivity index is -0.000000796. The molecule has 0 aliphatic carbocycles. The van der Waals surface area contributed by atoms with Crippen molar-refractivity contribution in [2.45, 2.75) is 61.8 Å². The molecule has 5 heteroatoms. The Labute approximate surface area is 188 Å². The Morgan fingerprint density at radius 3 is 1.77 bits per heavy atom. The van der Waals surface area contributed by atoms with Crippen LogP contribution in [-0.2, 0) is 4.79 Å². The molecule has 0 bridgehead atoms. The molecule has 1 aliphatic rings. The van der Waals surface area contributed by atoms with Gasteiger partial charge in [-0.1, -0.05) is 48.1 Å². The fourth-order valence-electron chi connectivity index (χ4n) is 3.69. The second-order valence-electron chi connectivity index (χ2n) is 8.31. The molecule has 4 nitrogen and oxygen atoms in total. The standard InChI is InChI=1S/C16H32N3O.C3H7.C2H6.U/c1-15(2,13-17-5)12-16(3,4)14-19-8-6-18(7-9-19)10-11-20;1-3-2;1-2;/h17H,6-10,12-14H2,1-5H3;3H,1-2H3;1-2H3;/q2*-1;;+2. The largest absolute Gasteiger partial charge is 2.00 e. The van der Waals surface area contributed by atoms with Crippen molar-refractivity contribution in [2.75, 3.05) is 52.9 Å². The molecule has 0 unspecified atom stereocenters. The minimum atomic E-state index is 0.